The van der Waals surface area contributed by atoms with Gasteiger partial charge in [-0.25, -0.2) is 4.98 Å². The van der Waals surface area contributed by atoms with E-state index < -0.39 is 5.89 Å². The Balaban J connectivity index is 0.00000656. The molecule has 0 amide bonds. The predicted octanol–water partition coefficient (Wildman–Crippen LogP) is 18.1. The summed E-state index contributed by atoms with van der Waals surface area (Å²) >= 11 is 0. The van der Waals surface area contributed by atoms with Crippen molar-refractivity contribution in [2.45, 2.75) is 85.0 Å². The van der Waals surface area contributed by atoms with Gasteiger partial charge in [0.2, 0.25) is 0 Å². The molecule has 4 nitrogen and oxygen atoms in total. The molecule has 0 saturated heterocycles. The van der Waals surface area contributed by atoms with Crippen molar-refractivity contribution in [2.24, 2.45) is 0 Å². The van der Waals surface area contributed by atoms with E-state index in [9.17, 15) is 5.11 Å². The van der Waals surface area contributed by atoms with Crippen LogP contribution < -0.4 is 0 Å². The summed E-state index contributed by atoms with van der Waals surface area (Å²) in [4.78, 5) is 10.7. The smallest absolute Gasteiger partial charge is 0.148 e. The third-order valence-electron chi connectivity index (χ3n) is 14.0. The number of hydrogen-bond donors (Lipinski definition) is 1. The quantitative estimate of drug-likeness (QED) is 0.131. The first kappa shape index (κ1) is 48.5. The van der Waals surface area contributed by atoms with Crippen molar-refractivity contribution in [3.05, 3.63) is 217 Å². The van der Waals surface area contributed by atoms with Crippen molar-refractivity contribution in [3.63, 3.8) is 0 Å². The number of aromatic nitrogens is 3. The molecule has 0 radical (unpaired) electrons. The predicted molar refractivity (Wildman–Crippen MR) is 298 cm³/mol. The Hall–Kier alpha value is -7.13. The normalized spacial score (nSPS) is 12.1. The maximum Gasteiger partial charge on any atom is 0.148 e. The Morgan fingerprint density at radius 3 is 1.74 bits per heavy atom. The minimum atomic E-state index is -0.598. The number of aromatic hydroxyl groups is 1. The third-order valence-corrected chi connectivity index (χ3v) is 14.0. The molecule has 0 spiro atoms. The zero-order chi connectivity index (χ0) is 50.4. The number of benzene rings is 8. The van der Waals surface area contributed by atoms with Gasteiger partial charge < -0.3 is 5.11 Å². The molecule has 72 heavy (non-hydrogen) atoms. The summed E-state index contributed by atoms with van der Waals surface area (Å²) in [6, 6.07) is 69.4. The standard InChI is InChI=1S/C67H62N3O.Pt/c1-9-44(10-2)46-29-31-47(32-30-46)50-35-36-68-60(42-50)53-37-52(38-55(39-53)67(6,7)8)56-27-20-28-62-63(56)69-65(70(62)61-34-33-54(66(3,4)5)43-57(61)48-23-16-12-17-24-48)59-41-51(45-21-14-11-15-22-45)40-58(64(59)71)49-25-18-13-19-26-49;/h11-36,38-44,71H,9-10H2,1-8H3;/q-1;/i44D;. The molecule has 0 aliphatic heterocycles. The van der Waals surface area contributed by atoms with Crippen LogP contribution in [0.2, 0.25) is 0 Å². The second-order valence-corrected chi connectivity index (χ2v) is 20.7. The fourth-order valence-corrected chi connectivity index (χ4v) is 9.83. The number of nitrogens with zero attached hydrogens (tertiary/aromatic N) is 3. The van der Waals surface area contributed by atoms with Gasteiger partial charge in [0, 0.05) is 45.5 Å². The van der Waals surface area contributed by atoms with Crippen LogP contribution in [0.1, 0.15) is 92.2 Å². The van der Waals surface area contributed by atoms with E-state index in [-0.39, 0.29) is 37.6 Å². The van der Waals surface area contributed by atoms with Crippen LogP contribution in [0.25, 0.3) is 95.0 Å². The van der Waals surface area contributed by atoms with Gasteiger partial charge in [0.05, 0.1) is 22.3 Å². The van der Waals surface area contributed by atoms with E-state index in [1.807, 2.05) is 42.6 Å². The van der Waals surface area contributed by atoms with Gasteiger partial charge in [0.15, 0.2) is 0 Å². The molecule has 5 heteroatoms. The van der Waals surface area contributed by atoms with Crippen molar-refractivity contribution in [1.29, 1.82) is 0 Å². The summed E-state index contributed by atoms with van der Waals surface area (Å²) in [5, 5.41) is 12.8. The van der Waals surface area contributed by atoms with Crippen LogP contribution in [0.15, 0.2) is 194 Å². The molecular formula is C67H62N3OPt-. The number of rotatable bonds is 11. The Kier molecular flexibility index (Phi) is 13.8. The monoisotopic (exact) mass is 1120 g/mol. The van der Waals surface area contributed by atoms with E-state index in [1.165, 1.54) is 5.56 Å². The van der Waals surface area contributed by atoms with Gasteiger partial charge >= 0.3 is 0 Å². The van der Waals surface area contributed by atoms with Gasteiger partial charge in [-0.1, -0.05) is 206 Å². The summed E-state index contributed by atoms with van der Waals surface area (Å²) in [6.07, 6.45) is 3.41. The minimum Gasteiger partial charge on any atom is -0.507 e. The summed E-state index contributed by atoms with van der Waals surface area (Å²) in [6.45, 7) is 17.7. The first-order valence-electron chi connectivity index (χ1n) is 25.5. The van der Waals surface area contributed by atoms with Gasteiger partial charge in [-0.2, -0.15) is 0 Å². The van der Waals surface area contributed by atoms with Gasteiger partial charge in [0.1, 0.15) is 11.6 Å². The van der Waals surface area contributed by atoms with E-state index in [0.717, 1.165) is 108 Å². The van der Waals surface area contributed by atoms with E-state index >= 15 is 0 Å². The summed E-state index contributed by atoms with van der Waals surface area (Å²) < 4.78 is 11.3. The maximum absolute atomic E-state index is 12.8. The average molecular weight is 1120 g/mol. The molecule has 0 fully saturated rings. The molecule has 0 saturated carbocycles. The van der Waals surface area contributed by atoms with E-state index in [4.69, 9.17) is 11.3 Å². The van der Waals surface area contributed by atoms with Crippen LogP contribution in [0, 0.1) is 6.07 Å². The first-order valence-corrected chi connectivity index (χ1v) is 25.0. The molecule has 0 unspecified atom stereocenters. The van der Waals surface area contributed by atoms with Crippen molar-refractivity contribution in [3.8, 4) is 89.7 Å². The van der Waals surface area contributed by atoms with Crippen LogP contribution in [0.3, 0.4) is 0 Å². The Bertz CT molecular complexity index is 3570. The van der Waals surface area contributed by atoms with E-state index in [1.54, 1.807) is 0 Å². The number of pyridine rings is 1. The summed E-state index contributed by atoms with van der Waals surface area (Å²) in [5.74, 6) is 0.183. The zero-order valence-electron chi connectivity index (χ0n) is 43.5. The third kappa shape index (κ3) is 9.90. The molecule has 362 valence electrons. The number of hydrogen-bond acceptors (Lipinski definition) is 3. The molecule has 10 aromatic rings. The van der Waals surface area contributed by atoms with Gasteiger partial charge in [0.25, 0.3) is 0 Å². The molecule has 0 aliphatic rings. The van der Waals surface area contributed by atoms with E-state index in [0.29, 0.717) is 11.4 Å². The van der Waals surface area contributed by atoms with Gasteiger partial charge in [-0.15, -0.1) is 29.3 Å². The Morgan fingerprint density at radius 2 is 1.11 bits per heavy atom. The van der Waals surface area contributed by atoms with Crippen molar-refractivity contribution >= 4 is 11.0 Å². The number of para-hydroxylation sites is 1. The SMILES string of the molecule is [2H]C(CC)(CC)c1ccc(-c2ccnc(-c3[c-]c(-c4cccc5c4nc(-c4cc(-c6ccccc6)cc(-c6ccccc6)c4O)n5-c4ccc(C(C)(C)C)cc4-c4ccccc4)cc(C(C)(C)C)c3)c2)cc1.[Pt]. The van der Waals surface area contributed by atoms with Gasteiger partial charge in [-0.3, -0.25) is 9.55 Å². The van der Waals surface area contributed by atoms with Crippen LogP contribution in [-0.2, 0) is 31.9 Å². The molecule has 2 aromatic heterocycles. The van der Waals surface area contributed by atoms with Crippen molar-refractivity contribution in [2.75, 3.05) is 0 Å². The summed E-state index contributed by atoms with van der Waals surface area (Å²) in [7, 11) is 0. The van der Waals surface area contributed by atoms with E-state index in [2.05, 4.69) is 218 Å². The second kappa shape index (κ2) is 20.5. The second-order valence-electron chi connectivity index (χ2n) is 20.7. The first-order chi connectivity index (χ1) is 34.6. The van der Waals surface area contributed by atoms with Gasteiger partial charge in [-0.05, 0) is 110 Å². The topological polar surface area (TPSA) is 50.9 Å². The molecule has 0 aliphatic carbocycles. The average Bonchev–Trinajstić information content (AvgIpc) is 3.80. The molecule has 0 bridgehead atoms. The van der Waals surface area contributed by atoms with Crippen LogP contribution >= 0.6 is 0 Å². The van der Waals surface area contributed by atoms with Crippen LogP contribution in [-0.4, -0.2) is 19.6 Å². The minimum absolute atomic E-state index is 0. The largest absolute Gasteiger partial charge is 0.507 e. The van der Waals surface area contributed by atoms with Crippen molar-refractivity contribution < 1.29 is 27.5 Å². The molecule has 10 rings (SSSR count). The number of phenols is 1. The maximum atomic E-state index is 12.8. The Labute approximate surface area is 442 Å². The van der Waals surface area contributed by atoms with Crippen molar-refractivity contribution in [1.82, 2.24) is 14.5 Å². The number of imidazole rings is 1. The molecule has 8 aromatic carbocycles. The molecule has 0 atom stereocenters. The Morgan fingerprint density at radius 1 is 0.528 bits per heavy atom. The van der Waals surface area contributed by atoms with Crippen LogP contribution in [0.5, 0.6) is 5.75 Å². The summed E-state index contributed by atoms with van der Waals surface area (Å²) in [5.41, 5.74) is 17.8. The number of phenolic OH excluding ortho intramolecular Hbond substituents is 1. The van der Waals surface area contributed by atoms with Crippen LogP contribution in [0.4, 0.5) is 0 Å². The fourth-order valence-electron chi connectivity index (χ4n) is 9.83. The fraction of sp³-hybridized carbons (Fsp3) is 0.194. The zero-order valence-corrected chi connectivity index (χ0v) is 44.8. The molecule has 1 N–H and O–H groups in total. The molecule has 2 heterocycles. The number of fused-ring (bicyclic) bond motifs is 1. The molecular weight excluding hydrogens is 1060 g/mol.